The van der Waals surface area contributed by atoms with E-state index in [0.29, 0.717) is 5.92 Å². The van der Waals surface area contributed by atoms with Crippen molar-refractivity contribution in [1.29, 1.82) is 0 Å². The van der Waals surface area contributed by atoms with Crippen molar-refractivity contribution in [2.75, 3.05) is 6.54 Å². The quantitative estimate of drug-likeness (QED) is 0.875. The predicted molar refractivity (Wildman–Crippen MR) is 85.3 cm³/mol. The molecule has 20 heavy (non-hydrogen) atoms. The predicted octanol–water partition coefficient (Wildman–Crippen LogP) is 3.97. The number of hydrogen-bond donors (Lipinski definition) is 1. The first-order valence-corrected chi connectivity index (χ1v) is 7.90. The molecule has 1 aromatic heterocycles. The van der Waals surface area contributed by atoms with Gasteiger partial charge in [0.15, 0.2) is 5.16 Å². The Hall–Kier alpha value is -0.970. The van der Waals surface area contributed by atoms with Gasteiger partial charge in [0.1, 0.15) is 0 Å². The molecule has 1 heterocycles. The van der Waals surface area contributed by atoms with Gasteiger partial charge in [-0.3, -0.25) is 0 Å². The molecular weight excluding hydrogens is 290 g/mol. The molecule has 0 saturated carbocycles. The van der Waals surface area contributed by atoms with Gasteiger partial charge in [0.2, 0.25) is 0 Å². The van der Waals surface area contributed by atoms with Crippen molar-refractivity contribution in [2.45, 2.75) is 30.4 Å². The van der Waals surface area contributed by atoms with E-state index in [1.54, 1.807) is 18.0 Å². The fourth-order valence-electron chi connectivity index (χ4n) is 1.79. The summed E-state index contributed by atoms with van der Waals surface area (Å²) in [5.74, 6) is 0.645. The van der Waals surface area contributed by atoms with Crippen LogP contribution in [-0.2, 0) is 13.6 Å². The average molecular weight is 310 g/mol. The summed E-state index contributed by atoms with van der Waals surface area (Å²) in [4.78, 5) is 5.41. The zero-order valence-corrected chi connectivity index (χ0v) is 13.6. The van der Waals surface area contributed by atoms with E-state index in [2.05, 4.69) is 36.3 Å². The monoisotopic (exact) mass is 309 g/mol. The Kier molecular flexibility index (Phi) is 5.52. The summed E-state index contributed by atoms with van der Waals surface area (Å²) in [6, 6.07) is 6.19. The van der Waals surface area contributed by atoms with Gasteiger partial charge in [-0.25, -0.2) is 4.98 Å². The molecule has 0 amide bonds. The second kappa shape index (κ2) is 7.16. The Morgan fingerprint density at radius 2 is 2.20 bits per heavy atom. The molecule has 0 fully saturated rings. The summed E-state index contributed by atoms with van der Waals surface area (Å²) in [5, 5.41) is 5.18. The van der Waals surface area contributed by atoms with Gasteiger partial charge in [-0.15, -0.1) is 0 Å². The molecule has 0 spiro atoms. The van der Waals surface area contributed by atoms with Crippen LogP contribution in [0.2, 0.25) is 5.02 Å². The van der Waals surface area contributed by atoms with Crippen LogP contribution < -0.4 is 5.32 Å². The molecule has 3 nitrogen and oxygen atoms in total. The smallest absolute Gasteiger partial charge is 0.172 e. The van der Waals surface area contributed by atoms with E-state index in [1.165, 1.54) is 0 Å². The Morgan fingerprint density at radius 3 is 2.80 bits per heavy atom. The molecule has 0 unspecified atom stereocenters. The van der Waals surface area contributed by atoms with Crippen LogP contribution in [0.15, 0.2) is 40.6 Å². The first-order valence-electron chi connectivity index (χ1n) is 6.70. The highest BCUT2D eigenvalue weighted by Crippen LogP contribution is 2.29. The van der Waals surface area contributed by atoms with Crippen molar-refractivity contribution in [1.82, 2.24) is 14.9 Å². The molecule has 1 N–H and O–H groups in total. The number of imidazole rings is 1. The molecule has 0 atom stereocenters. The minimum Gasteiger partial charge on any atom is -0.329 e. The van der Waals surface area contributed by atoms with E-state index in [1.807, 2.05) is 23.9 Å². The van der Waals surface area contributed by atoms with Gasteiger partial charge in [0, 0.05) is 35.9 Å². The number of hydrogen-bond acceptors (Lipinski definition) is 3. The fraction of sp³-hybridized carbons (Fsp3) is 0.400. The molecule has 0 radical (unpaired) electrons. The SMILES string of the molecule is CC(C)CNCc1ccc(Sc2nccn2C)cc1Cl. The lowest BCUT2D eigenvalue weighted by Crippen LogP contribution is -2.19. The molecule has 2 aromatic rings. The van der Waals surface area contributed by atoms with Crippen LogP contribution in [0.1, 0.15) is 19.4 Å². The zero-order chi connectivity index (χ0) is 14.5. The summed E-state index contributed by atoms with van der Waals surface area (Å²) in [6.07, 6.45) is 3.74. The van der Waals surface area contributed by atoms with Crippen LogP contribution in [0.25, 0.3) is 0 Å². The lowest BCUT2D eigenvalue weighted by molar-refractivity contribution is 0.552. The molecule has 5 heteroatoms. The Balaban J connectivity index is 2.00. The maximum absolute atomic E-state index is 6.34. The van der Waals surface area contributed by atoms with Crippen molar-refractivity contribution in [3.05, 3.63) is 41.2 Å². The first-order chi connectivity index (χ1) is 9.56. The van der Waals surface area contributed by atoms with E-state index in [0.717, 1.165) is 33.7 Å². The van der Waals surface area contributed by atoms with Crippen molar-refractivity contribution in [2.24, 2.45) is 13.0 Å². The van der Waals surface area contributed by atoms with E-state index in [4.69, 9.17) is 11.6 Å². The molecule has 1 aromatic carbocycles. The van der Waals surface area contributed by atoms with Gasteiger partial charge in [0.05, 0.1) is 0 Å². The second-order valence-corrected chi connectivity index (χ2v) is 6.65. The highest BCUT2D eigenvalue weighted by Gasteiger charge is 2.06. The van der Waals surface area contributed by atoms with Crippen LogP contribution in [-0.4, -0.2) is 16.1 Å². The van der Waals surface area contributed by atoms with Crippen LogP contribution >= 0.6 is 23.4 Å². The molecular formula is C15H20ClN3S. The average Bonchev–Trinajstić information content (AvgIpc) is 2.77. The van der Waals surface area contributed by atoms with Gasteiger partial charge in [0.25, 0.3) is 0 Å². The third-order valence-corrected chi connectivity index (χ3v) is 4.30. The van der Waals surface area contributed by atoms with E-state index in [-0.39, 0.29) is 0 Å². The lowest BCUT2D eigenvalue weighted by Gasteiger charge is -2.10. The van der Waals surface area contributed by atoms with Gasteiger partial charge in [-0.1, -0.05) is 43.3 Å². The third-order valence-electron chi connectivity index (χ3n) is 2.88. The molecule has 2 rings (SSSR count). The largest absolute Gasteiger partial charge is 0.329 e. The summed E-state index contributed by atoms with van der Waals surface area (Å²) in [7, 11) is 1.99. The van der Waals surface area contributed by atoms with Crippen molar-refractivity contribution < 1.29 is 0 Å². The topological polar surface area (TPSA) is 29.9 Å². The zero-order valence-electron chi connectivity index (χ0n) is 12.1. The number of aromatic nitrogens is 2. The molecule has 108 valence electrons. The van der Waals surface area contributed by atoms with E-state index < -0.39 is 0 Å². The van der Waals surface area contributed by atoms with Crippen LogP contribution in [0, 0.1) is 5.92 Å². The normalized spacial score (nSPS) is 11.2. The van der Waals surface area contributed by atoms with E-state index in [9.17, 15) is 0 Å². The van der Waals surface area contributed by atoms with Gasteiger partial charge in [-0.05, 0) is 30.2 Å². The van der Waals surface area contributed by atoms with Crippen molar-refractivity contribution in [3.8, 4) is 0 Å². The van der Waals surface area contributed by atoms with Crippen molar-refractivity contribution in [3.63, 3.8) is 0 Å². The highest BCUT2D eigenvalue weighted by atomic mass is 35.5. The summed E-state index contributed by atoms with van der Waals surface area (Å²) in [5.41, 5.74) is 1.14. The summed E-state index contributed by atoms with van der Waals surface area (Å²) < 4.78 is 2.00. The minimum atomic E-state index is 0.645. The number of rotatable bonds is 6. The highest BCUT2D eigenvalue weighted by molar-refractivity contribution is 7.99. The van der Waals surface area contributed by atoms with Crippen LogP contribution in [0.3, 0.4) is 0 Å². The van der Waals surface area contributed by atoms with Crippen LogP contribution in [0.5, 0.6) is 0 Å². The molecule has 0 aliphatic carbocycles. The Morgan fingerprint density at radius 1 is 1.40 bits per heavy atom. The molecule has 0 saturated heterocycles. The third kappa shape index (κ3) is 4.27. The van der Waals surface area contributed by atoms with Gasteiger partial charge < -0.3 is 9.88 Å². The second-order valence-electron chi connectivity index (χ2n) is 5.20. The number of benzene rings is 1. The lowest BCUT2D eigenvalue weighted by atomic mass is 10.2. The number of aryl methyl sites for hydroxylation is 1. The van der Waals surface area contributed by atoms with Crippen LogP contribution in [0.4, 0.5) is 0 Å². The number of nitrogens with zero attached hydrogens (tertiary/aromatic N) is 2. The fourth-order valence-corrected chi connectivity index (χ4v) is 2.94. The molecule has 0 bridgehead atoms. The minimum absolute atomic E-state index is 0.645. The summed E-state index contributed by atoms with van der Waals surface area (Å²) >= 11 is 7.96. The van der Waals surface area contributed by atoms with Crippen molar-refractivity contribution >= 4 is 23.4 Å². The first kappa shape index (κ1) is 15.4. The van der Waals surface area contributed by atoms with E-state index >= 15 is 0 Å². The summed E-state index contributed by atoms with van der Waals surface area (Å²) in [6.45, 7) is 6.20. The maximum atomic E-state index is 6.34. The van der Waals surface area contributed by atoms with Gasteiger partial charge in [-0.2, -0.15) is 0 Å². The standard InChI is InChI=1S/C15H20ClN3S/c1-11(2)9-17-10-12-4-5-13(8-14(12)16)20-15-18-6-7-19(15)3/h4-8,11,17H,9-10H2,1-3H3. The molecule has 0 aliphatic heterocycles. The Bertz CT molecular complexity index is 566. The molecule has 0 aliphatic rings. The maximum Gasteiger partial charge on any atom is 0.172 e. The number of nitrogens with one attached hydrogen (secondary N) is 1. The number of halogens is 1. The Labute approximate surface area is 129 Å². The van der Waals surface area contributed by atoms with Gasteiger partial charge >= 0.3 is 0 Å².